The van der Waals surface area contributed by atoms with Crippen LogP contribution in [0.25, 0.3) is 0 Å². The molecule has 0 bridgehead atoms. The number of carbonyl (C=O) groups is 3. The number of aliphatic hydroxyl groups is 2. The Hall–Kier alpha value is -3.56. The lowest BCUT2D eigenvalue weighted by Crippen LogP contribution is -2.56. The van der Waals surface area contributed by atoms with Crippen molar-refractivity contribution in [3.8, 4) is 5.75 Å². The normalized spacial score (nSPS) is 21.5. The first-order valence-corrected chi connectivity index (χ1v) is 12.9. The molecule has 2 aliphatic rings. The summed E-state index contributed by atoms with van der Waals surface area (Å²) in [6.07, 6.45) is 0.679. The zero-order valence-corrected chi connectivity index (χ0v) is 21.3. The summed E-state index contributed by atoms with van der Waals surface area (Å²) in [6.45, 7) is 1.44. The van der Waals surface area contributed by atoms with Gasteiger partial charge in [-0.15, -0.1) is 0 Å². The van der Waals surface area contributed by atoms with Crippen LogP contribution < -0.4 is 10.1 Å². The summed E-state index contributed by atoms with van der Waals surface area (Å²) >= 11 is 0. The van der Waals surface area contributed by atoms with Crippen LogP contribution in [0.15, 0.2) is 60.2 Å². The lowest BCUT2D eigenvalue weighted by Gasteiger charge is -2.41. The van der Waals surface area contributed by atoms with Gasteiger partial charge in [0.1, 0.15) is 29.6 Å². The average Bonchev–Trinajstić information content (AvgIpc) is 3.28. The van der Waals surface area contributed by atoms with Gasteiger partial charge in [-0.1, -0.05) is 30.3 Å². The monoisotopic (exact) mass is 524 g/mol. The third-order valence-electron chi connectivity index (χ3n) is 7.01. The Morgan fingerprint density at radius 2 is 1.89 bits per heavy atom. The molecule has 1 aliphatic heterocycles. The van der Waals surface area contributed by atoms with Gasteiger partial charge in [0.25, 0.3) is 0 Å². The number of ketones is 1. The highest BCUT2D eigenvalue weighted by atomic mass is 19.1. The number of halogens is 1. The first-order chi connectivity index (χ1) is 18.3. The van der Waals surface area contributed by atoms with Crippen molar-refractivity contribution in [1.82, 2.24) is 10.2 Å². The van der Waals surface area contributed by atoms with Crippen LogP contribution in [-0.2, 0) is 20.8 Å². The van der Waals surface area contributed by atoms with Crippen LogP contribution in [0, 0.1) is 5.82 Å². The summed E-state index contributed by atoms with van der Waals surface area (Å²) in [5.74, 6) is -1.10. The van der Waals surface area contributed by atoms with E-state index >= 15 is 0 Å². The van der Waals surface area contributed by atoms with E-state index < -0.39 is 30.1 Å². The maximum absolute atomic E-state index is 13.8. The number of rotatable bonds is 11. The molecule has 0 aromatic heterocycles. The Morgan fingerprint density at radius 3 is 2.63 bits per heavy atom. The van der Waals surface area contributed by atoms with Crippen LogP contribution in [0.3, 0.4) is 0 Å². The van der Waals surface area contributed by atoms with Gasteiger partial charge in [0, 0.05) is 37.1 Å². The molecular weight excluding hydrogens is 491 g/mol. The fraction of sp³-hybridized carbons (Fsp3) is 0.414. The van der Waals surface area contributed by atoms with Crippen LogP contribution in [-0.4, -0.2) is 70.7 Å². The first kappa shape index (κ1) is 27.5. The van der Waals surface area contributed by atoms with E-state index in [1.165, 1.54) is 24.0 Å². The highest BCUT2D eigenvalue weighted by molar-refractivity contribution is 5.96. The van der Waals surface area contributed by atoms with Gasteiger partial charge < -0.3 is 30.0 Å². The maximum Gasteiger partial charge on any atom is 0.247 e. The van der Waals surface area contributed by atoms with E-state index in [1.807, 2.05) is 12.1 Å². The van der Waals surface area contributed by atoms with Crippen LogP contribution in [0.2, 0.25) is 0 Å². The van der Waals surface area contributed by atoms with Crippen molar-refractivity contribution in [3.63, 3.8) is 0 Å². The largest absolute Gasteiger partial charge is 0.486 e. The Labute approximate surface area is 221 Å². The topological polar surface area (TPSA) is 116 Å². The number of benzene rings is 2. The fourth-order valence-electron chi connectivity index (χ4n) is 5.21. The molecule has 9 heteroatoms. The van der Waals surface area contributed by atoms with Crippen molar-refractivity contribution in [3.05, 3.63) is 77.1 Å². The predicted octanol–water partition coefficient (Wildman–Crippen LogP) is 2.28. The van der Waals surface area contributed by atoms with E-state index in [-0.39, 0.29) is 50.0 Å². The zero-order chi connectivity index (χ0) is 27.2. The van der Waals surface area contributed by atoms with Gasteiger partial charge in [-0.2, -0.15) is 0 Å². The van der Waals surface area contributed by atoms with E-state index in [4.69, 9.17) is 4.74 Å². The molecule has 1 aliphatic carbocycles. The number of aliphatic hydroxyl groups excluding tert-OH is 2. The number of nitrogens with zero attached hydrogens (tertiary/aromatic N) is 1. The third-order valence-corrected chi connectivity index (χ3v) is 7.01. The van der Waals surface area contributed by atoms with Gasteiger partial charge in [0.15, 0.2) is 0 Å². The molecule has 1 heterocycles. The smallest absolute Gasteiger partial charge is 0.247 e. The molecule has 0 saturated carbocycles. The minimum Gasteiger partial charge on any atom is -0.486 e. The highest BCUT2D eigenvalue weighted by Crippen LogP contribution is 2.47. The van der Waals surface area contributed by atoms with E-state index in [9.17, 15) is 29.0 Å². The molecule has 202 valence electrons. The van der Waals surface area contributed by atoms with Gasteiger partial charge in [-0.05, 0) is 49.6 Å². The number of hydrogen-bond acceptors (Lipinski definition) is 6. The Bertz CT molecular complexity index is 1220. The minimum absolute atomic E-state index is 0.0236. The molecule has 2 amide bonds. The molecule has 0 saturated heterocycles. The molecule has 0 radical (unpaired) electrons. The summed E-state index contributed by atoms with van der Waals surface area (Å²) in [5.41, 5.74) is 1.79. The van der Waals surface area contributed by atoms with E-state index in [1.54, 1.807) is 30.3 Å². The third kappa shape index (κ3) is 6.11. The summed E-state index contributed by atoms with van der Waals surface area (Å²) in [6, 6.07) is 12.4. The lowest BCUT2D eigenvalue weighted by molar-refractivity contribution is -0.137. The van der Waals surface area contributed by atoms with Crippen molar-refractivity contribution in [2.24, 2.45) is 0 Å². The zero-order valence-electron chi connectivity index (χ0n) is 21.3. The molecule has 38 heavy (non-hydrogen) atoms. The van der Waals surface area contributed by atoms with Gasteiger partial charge in [-0.25, -0.2) is 4.39 Å². The second-order valence-corrected chi connectivity index (χ2v) is 9.70. The van der Waals surface area contributed by atoms with Gasteiger partial charge in [0.05, 0.1) is 18.6 Å². The van der Waals surface area contributed by atoms with Gasteiger partial charge in [-0.3, -0.25) is 9.59 Å². The van der Waals surface area contributed by atoms with Crippen LogP contribution >= 0.6 is 0 Å². The molecule has 0 unspecified atom stereocenters. The van der Waals surface area contributed by atoms with Gasteiger partial charge in [0.2, 0.25) is 11.8 Å². The number of hydrogen-bond donors (Lipinski definition) is 3. The standard InChI is InChI=1S/C29H33FN2O6/c1-18(34)6-4-11-25(35)32(14-12-19-7-5-8-20(30)16-19)23-17-22(29(37)31-13-15-33)26-21-9-2-3-10-24(21)38-28(26)27(23)36/h2-3,5,7-10,16-17,23,26-28,33,36H,4,6,11-15H2,1H3,(H,31,37)/t23-,26+,27+,28+/m1/s1. The Balaban J connectivity index is 1.68. The summed E-state index contributed by atoms with van der Waals surface area (Å²) in [4.78, 5) is 39.6. The van der Waals surface area contributed by atoms with E-state index in [0.717, 1.165) is 5.56 Å². The van der Waals surface area contributed by atoms with Gasteiger partial charge >= 0.3 is 0 Å². The molecule has 3 N–H and O–H groups in total. The second kappa shape index (κ2) is 12.3. The minimum atomic E-state index is -1.15. The molecule has 2 aromatic carbocycles. The molecule has 4 rings (SSSR count). The fourth-order valence-corrected chi connectivity index (χ4v) is 5.21. The number of ether oxygens (including phenoxy) is 1. The molecule has 4 atom stereocenters. The number of Topliss-reactive ketones (excluding diaryl/α,β-unsaturated/α-hetero) is 1. The number of carbonyl (C=O) groups excluding carboxylic acids is 3. The quantitative estimate of drug-likeness (QED) is 0.415. The Kier molecular flexibility index (Phi) is 8.91. The van der Waals surface area contributed by atoms with Crippen molar-refractivity contribution in [2.45, 2.75) is 56.8 Å². The molecule has 0 fully saturated rings. The molecule has 2 aromatic rings. The van der Waals surface area contributed by atoms with Crippen LogP contribution in [0.5, 0.6) is 5.75 Å². The summed E-state index contributed by atoms with van der Waals surface area (Å²) in [5, 5.41) is 23.4. The number of fused-ring (bicyclic) bond motifs is 3. The lowest BCUT2D eigenvalue weighted by atomic mass is 9.77. The number of para-hydroxylation sites is 1. The highest BCUT2D eigenvalue weighted by Gasteiger charge is 2.50. The Morgan fingerprint density at radius 1 is 1.11 bits per heavy atom. The van der Waals surface area contributed by atoms with Crippen LogP contribution in [0.1, 0.15) is 43.2 Å². The average molecular weight is 525 g/mol. The molecule has 0 spiro atoms. The van der Waals surface area contributed by atoms with E-state index in [2.05, 4.69) is 5.32 Å². The number of nitrogens with one attached hydrogen (secondary N) is 1. The van der Waals surface area contributed by atoms with Crippen molar-refractivity contribution in [1.29, 1.82) is 0 Å². The second-order valence-electron chi connectivity index (χ2n) is 9.70. The summed E-state index contributed by atoms with van der Waals surface area (Å²) < 4.78 is 19.9. The van der Waals surface area contributed by atoms with E-state index in [0.29, 0.717) is 29.7 Å². The summed E-state index contributed by atoms with van der Waals surface area (Å²) in [7, 11) is 0. The van der Waals surface area contributed by atoms with Crippen molar-refractivity contribution >= 4 is 17.6 Å². The molecular formula is C29H33FN2O6. The van der Waals surface area contributed by atoms with Crippen molar-refractivity contribution in [2.75, 3.05) is 19.7 Å². The maximum atomic E-state index is 13.8. The first-order valence-electron chi connectivity index (χ1n) is 12.9. The van der Waals surface area contributed by atoms with Crippen molar-refractivity contribution < 1.29 is 33.7 Å². The van der Waals surface area contributed by atoms with Crippen LogP contribution in [0.4, 0.5) is 4.39 Å². The predicted molar refractivity (Wildman–Crippen MR) is 138 cm³/mol. The number of amides is 2. The SMILES string of the molecule is CC(=O)CCCC(=O)N(CCc1cccc(F)c1)[C@@H]1C=C(C(=O)NCCO)[C@@H]2c3ccccc3O[C@@H]2[C@H]1O. The molecule has 8 nitrogen and oxygen atoms in total.